The summed E-state index contributed by atoms with van der Waals surface area (Å²) in [5, 5.41) is 12.1. The van der Waals surface area contributed by atoms with Crippen LogP contribution in [0.5, 0.6) is 11.5 Å². The van der Waals surface area contributed by atoms with Crippen LogP contribution in [0.1, 0.15) is 53.2 Å². The third-order valence-corrected chi connectivity index (χ3v) is 7.24. The summed E-state index contributed by atoms with van der Waals surface area (Å²) in [7, 11) is 0. The minimum atomic E-state index is -4.88. The molecule has 3 aromatic carbocycles. The molecule has 0 saturated carbocycles. The second-order valence-corrected chi connectivity index (χ2v) is 9.93. The van der Waals surface area contributed by atoms with Crippen molar-refractivity contribution in [1.29, 1.82) is 0 Å². The molecular weight excluding hydrogens is 552 g/mol. The van der Waals surface area contributed by atoms with Crippen molar-refractivity contribution in [2.45, 2.75) is 51.1 Å². The molecule has 1 aliphatic rings. The van der Waals surface area contributed by atoms with Crippen molar-refractivity contribution in [1.82, 2.24) is 4.90 Å². The summed E-state index contributed by atoms with van der Waals surface area (Å²) in [5.41, 5.74) is 0.532. The highest BCUT2D eigenvalue weighted by molar-refractivity contribution is 5.95. The van der Waals surface area contributed by atoms with E-state index in [1.54, 1.807) is 19.1 Å². The van der Waals surface area contributed by atoms with Crippen molar-refractivity contribution in [3.63, 3.8) is 0 Å². The highest BCUT2D eigenvalue weighted by Gasteiger charge is 2.42. The van der Waals surface area contributed by atoms with Gasteiger partial charge in [0.1, 0.15) is 17.1 Å². The van der Waals surface area contributed by atoms with Crippen molar-refractivity contribution in [3.05, 3.63) is 95.1 Å². The lowest BCUT2D eigenvalue weighted by Crippen LogP contribution is -2.44. The molecule has 0 unspecified atom stereocenters. The number of benzene rings is 3. The van der Waals surface area contributed by atoms with Gasteiger partial charge in [0.25, 0.3) is 0 Å². The molecule has 5 nitrogen and oxygen atoms in total. The first-order valence-electron chi connectivity index (χ1n) is 13.1. The summed E-state index contributed by atoms with van der Waals surface area (Å²) in [6.45, 7) is 3.61. The molecule has 0 radical (unpaired) electrons. The van der Waals surface area contributed by atoms with Gasteiger partial charge in [-0.15, -0.1) is 26.3 Å². The Bertz CT molecular complexity index is 1240. The lowest BCUT2D eigenvalue weighted by atomic mass is 9.72. The Kier molecular flexibility index (Phi) is 8.98. The van der Waals surface area contributed by atoms with Gasteiger partial charge in [-0.2, -0.15) is 0 Å². The molecule has 0 atom stereocenters. The van der Waals surface area contributed by atoms with Crippen LogP contribution in [0, 0.1) is 5.92 Å². The average molecular weight is 582 g/mol. The van der Waals surface area contributed by atoms with Crippen molar-refractivity contribution in [3.8, 4) is 11.5 Å². The van der Waals surface area contributed by atoms with Gasteiger partial charge < -0.3 is 14.6 Å². The van der Waals surface area contributed by atoms with Crippen LogP contribution in [0.3, 0.4) is 0 Å². The molecule has 1 heterocycles. The standard InChI is InChI=1S/C30H29F6NO4/c1-2-27(38)21-5-3-20(4-6-21)19-37-17-15-24(16-18-37)28(39,22-7-11-25(12-8-22)40-29(31,32)33)23-9-13-26(14-10-23)41-30(34,35)36/h3-14,24,39H,2,15-19H2,1H3. The number of nitrogens with zero attached hydrogens (tertiary/aromatic N) is 1. The number of halogens is 6. The van der Waals surface area contributed by atoms with E-state index in [-0.39, 0.29) is 16.9 Å². The number of piperidine rings is 1. The molecule has 0 amide bonds. The van der Waals surface area contributed by atoms with Crippen molar-refractivity contribution in [2.75, 3.05) is 13.1 Å². The van der Waals surface area contributed by atoms with Crippen LogP contribution < -0.4 is 9.47 Å². The van der Waals surface area contributed by atoms with Gasteiger partial charge in [-0.05, 0) is 72.8 Å². The summed E-state index contributed by atoms with van der Waals surface area (Å²) in [6.07, 6.45) is -8.34. The molecule has 11 heteroatoms. The molecule has 0 aliphatic carbocycles. The van der Waals surface area contributed by atoms with Gasteiger partial charge >= 0.3 is 12.7 Å². The van der Waals surface area contributed by atoms with Gasteiger partial charge in [0, 0.05) is 18.5 Å². The lowest BCUT2D eigenvalue weighted by molar-refractivity contribution is -0.275. The second kappa shape index (κ2) is 12.1. The summed E-state index contributed by atoms with van der Waals surface area (Å²) in [4.78, 5) is 14.1. The van der Waals surface area contributed by atoms with Crippen molar-refractivity contribution in [2.24, 2.45) is 5.92 Å². The van der Waals surface area contributed by atoms with Crippen molar-refractivity contribution < 1.29 is 45.7 Å². The third-order valence-electron chi connectivity index (χ3n) is 7.24. The zero-order valence-electron chi connectivity index (χ0n) is 22.1. The van der Waals surface area contributed by atoms with Crippen LogP contribution in [0.25, 0.3) is 0 Å². The smallest absolute Gasteiger partial charge is 0.406 e. The second-order valence-electron chi connectivity index (χ2n) is 9.93. The Labute approximate surface area is 233 Å². The number of alkyl halides is 6. The van der Waals surface area contributed by atoms with Gasteiger partial charge in [0.05, 0.1) is 0 Å². The molecule has 1 saturated heterocycles. The van der Waals surface area contributed by atoms with Crippen LogP contribution in [0.15, 0.2) is 72.8 Å². The largest absolute Gasteiger partial charge is 0.573 e. The number of ether oxygens (including phenoxy) is 2. The molecule has 1 aliphatic heterocycles. The number of carbonyl (C=O) groups excluding carboxylic acids is 1. The van der Waals surface area contributed by atoms with E-state index >= 15 is 0 Å². The molecule has 1 N–H and O–H groups in total. The highest BCUT2D eigenvalue weighted by Crippen LogP contribution is 2.43. The summed E-state index contributed by atoms with van der Waals surface area (Å²) in [6, 6.07) is 17.1. The topological polar surface area (TPSA) is 59.0 Å². The minimum Gasteiger partial charge on any atom is -0.406 e. The summed E-state index contributed by atoms with van der Waals surface area (Å²) >= 11 is 0. The van der Waals surface area contributed by atoms with E-state index < -0.39 is 35.7 Å². The Morgan fingerprint density at radius 1 is 0.780 bits per heavy atom. The minimum absolute atomic E-state index is 0.0626. The van der Waals surface area contributed by atoms with Crippen LogP contribution in [0.4, 0.5) is 26.3 Å². The third kappa shape index (κ3) is 7.80. The van der Waals surface area contributed by atoms with Gasteiger partial charge in [-0.3, -0.25) is 9.69 Å². The lowest BCUT2D eigenvalue weighted by Gasteiger charge is -2.42. The van der Waals surface area contributed by atoms with Gasteiger partial charge in [-0.25, -0.2) is 0 Å². The maximum Gasteiger partial charge on any atom is 0.573 e. The van der Waals surface area contributed by atoms with Gasteiger partial charge in [0.2, 0.25) is 0 Å². The van der Waals surface area contributed by atoms with Gasteiger partial charge in [-0.1, -0.05) is 55.5 Å². The van der Waals surface area contributed by atoms with E-state index in [4.69, 9.17) is 0 Å². The number of hydrogen-bond donors (Lipinski definition) is 1. The van der Waals surface area contributed by atoms with Crippen LogP contribution in [-0.2, 0) is 12.1 Å². The number of Topliss-reactive ketones (excluding diaryl/α,β-unsaturated/α-hetero) is 1. The Morgan fingerprint density at radius 2 is 1.22 bits per heavy atom. The fraction of sp³-hybridized carbons (Fsp3) is 0.367. The van der Waals surface area contributed by atoms with E-state index in [0.717, 1.165) is 29.8 Å². The van der Waals surface area contributed by atoms with Crippen molar-refractivity contribution >= 4 is 5.78 Å². The normalized spacial score (nSPS) is 15.5. The number of aliphatic hydroxyl groups is 1. The quantitative estimate of drug-likeness (QED) is 0.214. The Hall–Kier alpha value is -3.57. The molecule has 0 bridgehead atoms. The fourth-order valence-electron chi connectivity index (χ4n) is 5.23. The monoisotopic (exact) mass is 581 g/mol. The maximum absolute atomic E-state index is 12.7. The Balaban J connectivity index is 1.55. The molecule has 220 valence electrons. The van der Waals surface area contributed by atoms with Crippen LogP contribution >= 0.6 is 0 Å². The number of rotatable bonds is 9. The van der Waals surface area contributed by atoms with E-state index in [1.165, 1.54) is 24.3 Å². The zero-order chi connectivity index (χ0) is 29.8. The van der Waals surface area contributed by atoms with E-state index in [2.05, 4.69) is 14.4 Å². The van der Waals surface area contributed by atoms with E-state index in [1.807, 2.05) is 12.1 Å². The Morgan fingerprint density at radius 3 is 1.61 bits per heavy atom. The predicted molar refractivity (Wildman–Crippen MR) is 138 cm³/mol. The molecule has 0 spiro atoms. The van der Waals surface area contributed by atoms with Crippen LogP contribution in [0.2, 0.25) is 0 Å². The number of carbonyl (C=O) groups is 1. The molecule has 0 aromatic heterocycles. The highest BCUT2D eigenvalue weighted by atomic mass is 19.4. The SMILES string of the molecule is CCC(=O)c1ccc(CN2CCC(C(O)(c3ccc(OC(F)(F)F)cc3)c3ccc(OC(F)(F)F)cc3)CC2)cc1. The first-order valence-corrected chi connectivity index (χ1v) is 13.1. The average Bonchev–Trinajstić information content (AvgIpc) is 2.92. The summed E-state index contributed by atoms with van der Waals surface area (Å²) < 4.78 is 83.9. The molecule has 3 aromatic rings. The maximum atomic E-state index is 12.7. The van der Waals surface area contributed by atoms with E-state index in [0.29, 0.717) is 44.5 Å². The molecule has 41 heavy (non-hydrogen) atoms. The molecule has 1 fully saturated rings. The number of ketones is 1. The van der Waals surface area contributed by atoms with E-state index in [9.17, 15) is 36.2 Å². The first kappa shape index (κ1) is 30.4. The number of likely N-dealkylation sites (tertiary alicyclic amines) is 1. The fourth-order valence-corrected chi connectivity index (χ4v) is 5.23. The first-order chi connectivity index (χ1) is 19.3. The molecular formula is C30H29F6NO4. The zero-order valence-corrected chi connectivity index (χ0v) is 22.1. The van der Waals surface area contributed by atoms with Gasteiger partial charge in [0.15, 0.2) is 5.78 Å². The molecule has 4 rings (SSSR count). The summed E-state index contributed by atoms with van der Waals surface area (Å²) in [5.74, 6) is -1.25. The number of hydrogen-bond acceptors (Lipinski definition) is 5. The predicted octanol–water partition coefficient (Wildman–Crippen LogP) is 7.22. The van der Waals surface area contributed by atoms with Crippen LogP contribution in [-0.4, -0.2) is 41.6 Å².